The third-order valence-electron chi connectivity index (χ3n) is 9.43. The van der Waals surface area contributed by atoms with Gasteiger partial charge in [-0.25, -0.2) is 18.4 Å². The van der Waals surface area contributed by atoms with Crippen molar-refractivity contribution in [3.8, 4) is 22.6 Å². The first-order chi connectivity index (χ1) is 26.5. The Morgan fingerprint density at radius 1 is 0.909 bits per heavy atom. The molecule has 1 aliphatic rings. The first kappa shape index (κ1) is 39.8. The lowest BCUT2D eigenvalue weighted by atomic mass is 9.99. The average molecular weight is 790 g/mol. The van der Waals surface area contributed by atoms with Gasteiger partial charge in [0.15, 0.2) is 15.7 Å². The molecule has 2 aromatic heterocycles. The fraction of sp³-hybridized carbons (Fsp3) is 0.375. The van der Waals surface area contributed by atoms with Crippen molar-refractivity contribution >= 4 is 32.9 Å². The number of H-pyrrole nitrogens is 1. The SMILES string of the molecule is COc1ccc2c(c1)C(c1ccc(Cl)cc1)=N[C@@H](CC(=O)CCCOCCOCCCCS(=O)(=O)c1cc(-c3c(C)[nH]oc3=O)ccc1C)c1nnc(C)n1-2. The van der Waals surface area contributed by atoms with Crippen LogP contribution in [0.1, 0.15) is 72.2 Å². The first-order valence-corrected chi connectivity index (χ1v) is 20.1. The Kier molecular flexibility index (Phi) is 12.8. The molecule has 0 amide bonds. The molecule has 0 saturated heterocycles. The second kappa shape index (κ2) is 17.7. The minimum absolute atomic E-state index is 0.0296. The molecular weight excluding hydrogens is 746 g/mol. The lowest BCUT2D eigenvalue weighted by molar-refractivity contribution is -0.119. The van der Waals surface area contributed by atoms with Crippen molar-refractivity contribution in [2.75, 3.05) is 39.3 Å². The van der Waals surface area contributed by atoms with E-state index in [0.29, 0.717) is 103 Å². The molecule has 15 heteroatoms. The van der Waals surface area contributed by atoms with E-state index in [2.05, 4.69) is 15.4 Å². The van der Waals surface area contributed by atoms with E-state index in [-0.39, 0.29) is 22.9 Å². The summed E-state index contributed by atoms with van der Waals surface area (Å²) in [5.41, 5.74) is 4.67. The Balaban J connectivity index is 0.947. The van der Waals surface area contributed by atoms with E-state index in [4.69, 9.17) is 35.3 Å². The van der Waals surface area contributed by atoms with Gasteiger partial charge in [-0.1, -0.05) is 35.9 Å². The van der Waals surface area contributed by atoms with Gasteiger partial charge in [0.05, 0.1) is 53.6 Å². The molecule has 0 unspecified atom stereocenters. The predicted molar refractivity (Wildman–Crippen MR) is 209 cm³/mol. The van der Waals surface area contributed by atoms with Crippen LogP contribution in [0.2, 0.25) is 5.02 Å². The van der Waals surface area contributed by atoms with Crippen molar-refractivity contribution < 1.29 is 31.9 Å². The summed E-state index contributed by atoms with van der Waals surface area (Å²) in [5, 5.41) is 11.9. The molecule has 0 bridgehead atoms. The Hall–Kier alpha value is -4.89. The number of methoxy groups -OCH3 is 1. The maximum absolute atomic E-state index is 13.3. The van der Waals surface area contributed by atoms with Crippen LogP contribution >= 0.6 is 11.6 Å². The Morgan fingerprint density at radius 2 is 1.64 bits per heavy atom. The minimum Gasteiger partial charge on any atom is -0.497 e. The van der Waals surface area contributed by atoms with Crippen molar-refractivity contribution in [1.82, 2.24) is 19.9 Å². The van der Waals surface area contributed by atoms with Gasteiger partial charge in [0.2, 0.25) is 0 Å². The maximum atomic E-state index is 13.3. The van der Waals surface area contributed by atoms with Gasteiger partial charge in [0.1, 0.15) is 23.4 Å². The molecule has 3 aromatic carbocycles. The molecule has 0 saturated carbocycles. The van der Waals surface area contributed by atoms with Crippen molar-refractivity contribution in [1.29, 1.82) is 0 Å². The second-order valence-corrected chi connectivity index (χ2v) is 15.9. The van der Waals surface area contributed by atoms with Crippen LogP contribution in [0.4, 0.5) is 0 Å². The van der Waals surface area contributed by atoms with Gasteiger partial charge in [0.25, 0.3) is 0 Å². The number of rotatable bonds is 18. The highest BCUT2D eigenvalue weighted by Gasteiger charge is 2.30. The van der Waals surface area contributed by atoms with Crippen molar-refractivity contribution in [2.45, 2.75) is 63.8 Å². The summed E-state index contributed by atoms with van der Waals surface area (Å²) in [7, 11) is -1.96. The molecule has 5 aromatic rings. The predicted octanol–water partition coefficient (Wildman–Crippen LogP) is 6.72. The molecule has 1 atom stereocenters. The van der Waals surface area contributed by atoms with Crippen molar-refractivity contribution in [3.63, 3.8) is 0 Å². The Bertz CT molecular complexity index is 2350. The highest BCUT2D eigenvalue weighted by Crippen LogP contribution is 2.35. The Morgan fingerprint density at radius 3 is 2.35 bits per heavy atom. The number of aryl methyl sites for hydroxylation is 3. The minimum atomic E-state index is -3.58. The number of nitrogens with one attached hydrogen (secondary N) is 1. The van der Waals surface area contributed by atoms with E-state index in [1.807, 2.05) is 54.0 Å². The molecule has 1 aliphatic heterocycles. The standard InChI is InChI=1S/C40H44ClN5O8S/c1-25-9-10-29(37-26(2)45-54-40(37)48)22-36(25)55(49,50)21-6-5-17-52-19-20-53-18-7-8-31(47)23-34-39-44-43-27(3)46(39)35-16-15-32(51-4)24-33(35)38(42-34)28-11-13-30(41)14-12-28/h9-16,22,24,34,45H,5-8,17-21,23H2,1-4H3/t34-/m0/s1. The van der Waals surface area contributed by atoms with Crippen molar-refractivity contribution in [2.24, 2.45) is 4.99 Å². The lowest BCUT2D eigenvalue weighted by Crippen LogP contribution is -2.12. The number of hydrogen-bond acceptors (Lipinski definition) is 11. The van der Waals surface area contributed by atoms with Gasteiger partial charge in [-0.15, -0.1) is 10.2 Å². The molecular formula is C40H44ClN5O8S. The number of carbonyl (C=O) groups is 1. The van der Waals surface area contributed by atoms with Gasteiger partial charge in [-0.3, -0.25) is 14.4 Å². The number of Topliss-reactive ketones (excluding diaryl/α,β-unsaturated/α-hetero) is 1. The smallest absolute Gasteiger partial charge is 0.365 e. The van der Waals surface area contributed by atoms with Crippen LogP contribution in [0, 0.1) is 20.8 Å². The number of benzene rings is 3. The largest absolute Gasteiger partial charge is 0.497 e. The number of unbranched alkanes of at least 4 members (excludes halogenated alkanes) is 1. The highest BCUT2D eigenvalue weighted by molar-refractivity contribution is 7.91. The van der Waals surface area contributed by atoms with Crippen molar-refractivity contribution in [3.05, 3.63) is 110 Å². The van der Waals surface area contributed by atoms with Crippen LogP contribution in [-0.2, 0) is 24.1 Å². The molecule has 13 nitrogen and oxygen atoms in total. The number of nitrogens with zero attached hydrogens (tertiary/aromatic N) is 4. The molecule has 0 spiro atoms. The molecule has 0 radical (unpaired) electrons. The zero-order valence-corrected chi connectivity index (χ0v) is 32.8. The summed E-state index contributed by atoms with van der Waals surface area (Å²) in [6.07, 6.45) is 1.97. The summed E-state index contributed by atoms with van der Waals surface area (Å²) in [6.45, 7) is 6.79. The molecule has 6 rings (SSSR count). The van der Waals surface area contributed by atoms with Crippen LogP contribution in [0.25, 0.3) is 16.8 Å². The van der Waals surface area contributed by atoms with E-state index in [9.17, 15) is 18.0 Å². The van der Waals surface area contributed by atoms with Gasteiger partial charge in [-0.2, -0.15) is 0 Å². The summed E-state index contributed by atoms with van der Waals surface area (Å²) < 4.78 is 50.0. The molecule has 1 N–H and O–H groups in total. The first-order valence-electron chi connectivity index (χ1n) is 18.1. The third-order valence-corrected chi connectivity index (χ3v) is 11.6. The topological polar surface area (TPSA) is 168 Å². The van der Waals surface area contributed by atoms with Gasteiger partial charge in [0, 0.05) is 42.2 Å². The Labute approximate surface area is 324 Å². The van der Waals surface area contributed by atoms with E-state index in [1.54, 1.807) is 33.1 Å². The number of ether oxygens (including phenoxy) is 3. The molecule has 0 fully saturated rings. The fourth-order valence-corrected chi connectivity index (χ4v) is 8.39. The number of hydrogen-bond donors (Lipinski definition) is 1. The monoisotopic (exact) mass is 789 g/mol. The number of ketones is 1. The lowest BCUT2D eigenvalue weighted by Gasteiger charge is -2.14. The van der Waals surface area contributed by atoms with Gasteiger partial charge < -0.3 is 18.7 Å². The number of fused-ring (bicyclic) bond motifs is 3. The zero-order chi connectivity index (χ0) is 39.1. The molecule has 3 heterocycles. The summed E-state index contributed by atoms with van der Waals surface area (Å²) in [5.74, 6) is 1.94. The van der Waals surface area contributed by atoms with Gasteiger partial charge >= 0.3 is 5.63 Å². The van der Waals surface area contributed by atoms with E-state index in [1.165, 1.54) is 6.07 Å². The van der Waals surface area contributed by atoms with E-state index < -0.39 is 21.5 Å². The summed E-state index contributed by atoms with van der Waals surface area (Å²) >= 11 is 6.20. The number of sulfone groups is 1. The number of aromatic amines is 1. The zero-order valence-electron chi connectivity index (χ0n) is 31.3. The molecule has 0 aliphatic carbocycles. The third kappa shape index (κ3) is 9.33. The van der Waals surface area contributed by atoms with E-state index >= 15 is 0 Å². The van der Waals surface area contributed by atoms with Crippen LogP contribution in [-0.4, -0.2) is 79.1 Å². The number of aromatic nitrogens is 4. The normalized spacial score (nSPS) is 13.9. The highest BCUT2D eigenvalue weighted by atomic mass is 35.5. The average Bonchev–Trinajstić information content (AvgIpc) is 3.68. The maximum Gasteiger partial charge on any atom is 0.365 e. The summed E-state index contributed by atoms with van der Waals surface area (Å²) in [4.78, 5) is 30.7. The summed E-state index contributed by atoms with van der Waals surface area (Å²) in [6, 6.07) is 17.6. The number of carbonyl (C=O) groups excluding carboxylic acids is 1. The number of aliphatic imine (C=N–C) groups is 1. The van der Waals surface area contributed by atoms with Crippen LogP contribution in [0.5, 0.6) is 5.75 Å². The van der Waals surface area contributed by atoms with Gasteiger partial charge in [-0.05, 0) is 87.6 Å². The molecule has 55 heavy (non-hydrogen) atoms. The second-order valence-electron chi connectivity index (χ2n) is 13.4. The van der Waals surface area contributed by atoms with Crippen LogP contribution < -0.4 is 10.4 Å². The number of halogens is 1. The quantitative estimate of drug-likeness (QED) is 0.0941. The molecule has 290 valence electrons. The van der Waals surface area contributed by atoms with E-state index in [0.717, 1.165) is 16.8 Å². The fourth-order valence-electron chi connectivity index (χ4n) is 6.60. The van der Waals surface area contributed by atoms with Crippen LogP contribution in [0.15, 0.2) is 79.9 Å². The van der Waals surface area contributed by atoms with Crippen LogP contribution in [0.3, 0.4) is 0 Å².